The number of amides is 2. The molecule has 2 amide bonds. The lowest BCUT2D eigenvalue weighted by atomic mass is 10.0. The first-order valence-corrected chi connectivity index (χ1v) is 10.7. The number of piperidine rings is 1. The molecule has 0 saturated carbocycles. The van der Waals surface area contributed by atoms with E-state index in [0.717, 1.165) is 0 Å². The molecule has 1 aromatic carbocycles. The average molecular weight is 463 g/mol. The summed E-state index contributed by atoms with van der Waals surface area (Å²) in [5.41, 5.74) is 0.632. The van der Waals surface area contributed by atoms with E-state index in [2.05, 4.69) is 15.5 Å². The molecule has 176 valence electrons. The highest BCUT2D eigenvalue weighted by Gasteiger charge is 2.35. The molecule has 0 radical (unpaired) electrons. The predicted molar refractivity (Wildman–Crippen MR) is 113 cm³/mol. The van der Waals surface area contributed by atoms with Gasteiger partial charge in [-0.05, 0) is 36.4 Å². The van der Waals surface area contributed by atoms with Gasteiger partial charge in [0.25, 0.3) is 0 Å². The van der Waals surface area contributed by atoms with Crippen molar-refractivity contribution in [1.82, 2.24) is 20.4 Å². The molecule has 33 heavy (non-hydrogen) atoms. The Bertz CT molecular complexity index is 959. The Kier molecular flexibility index (Phi) is 6.77. The van der Waals surface area contributed by atoms with Crippen LogP contribution in [0.4, 0.5) is 24.7 Å². The van der Waals surface area contributed by atoms with Crippen LogP contribution in [0.15, 0.2) is 42.6 Å². The lowest BCUT2D eigenvalue weighted by molar-refractivity contribution is -0.162. The van der Waals surface area contributed by atoms with Gasteiger partial charge in [-0.1, -0.05) is 0 Å². The summed E-state index contributed by atoms with van der Waals surface area (Å²) in [6.07, 6.45) is -3.70. The zero-order chi connectivity index (χ0) is 23.4. The molecule has 2 saturated heterocycles. The third-order valence-electron chi connectivity index (χ3n) is 5.68. The van der Waals surface area contributed by atoms with Crippen molar-refractivity contribution in [2.24, 2.45) is 5.92 Å². The molecule has 2 aromatic rings. The number of carbonyl (C=O) groups is 2. The lowest BCUT2D eigenvalue weighted by Gasteiger charge is -2.33. The zero-order valence-corrected chi connectivity index (χ0v) is 17.8. The number of halogens is 3. The van der Waals surface area contributed by atoms with E-state index in [-0.39, 0.29) is 31.0 Å². The van der Waals surface area contributed by atoms with E-state index in [9.17, 15) is 22.8 Å². The lowest BCUT2D eigenvalue weighted by Crippen LogP contribution is -2.51. The second-order valence-electron chi connectivity index (χ2n) is 8.09. The number of anilines is 2. The standard InChI is InChI=1S/C22H24F3N5O3/c23-22(24,25)12-20(31)29-10-7-18(8-11-29)33-17-5-3-16(4-6-17)30(19-2-1-9-27-28-19)21(32)15-13-26-14-15/h1-6,9,15,18,26H,7-8,10-14H2. The van der Waals surface area contributed by atoms with Gasteiger partial charge in [0.15, 0.2) is 5.82 Å². The van der Waals surface area contributed by atoms with Gasteiger partial charge in [-0.2, -0.15) is 18.3 Å². The fourth-order valence-corrected chi connectivity index (χ4v) is 3.80. The molecule has 0 unspecified atom stereocenters. The summed E-state index contributed by atoms with van der Waals surface area (Å²) in [7, 11) is 0. The summed E-state index contributed by atoms with van der Waals surface area (Å²) >= 11 is 0. The number of alkyl halides is 3. The predicted octanol–water partition coefficient (Wildman–Crippen LogP) is 2.68. The maximum atomic E-state index is 13.0. The summed E-state index contributed by atoms with van der Waals surface area (Å²) in [5.74, 6) is -0.0950. The zero-order valence-electron chi connectivity index (χ0n) is 17.8. The van der Waals surface area contributed by atoms with Crippen molar-refractivity contribution in [1.29, 1.82) is 0 Å². The van der Waals surface area contributed by atoms with Gasteiger partial charge >= 0.3 is 6.18 Å². The minimum absolute atomic E-state index is 0.0705. The van der Waals surface area contributed by atoms with Crippen molar-refractivity contribution in [2.45, 2.75) is 31.5 Å². The van der Waals surface area contributed by atoms with E-state index in [4.69, 9.17) is 4.74 Å². The third-order valence-corrected chi connectivity index (χ3v) is 5.68. The van der Waals surface area contributed by atoms with Gasteiger partial charge in [-0.3, -0.25) is 14.5 Å². The third kappa shape index (κ3) is 5.78. The van der Waals surface area contributed by atoms with E-state index in [1.54, 1.807) is 36.4 Å². The number of rotatable bonds is 6. The topological polar surface area (TPSA) is 87.7 Å². The molecule has 11 heteroatoms. The Morgan fingerprint density at radius 2 is 1.82 bits per heavy atom. The van der Waals surface area contributed by atoms with Crippen LogP contribution < -0.4 is 15.0 Å². The van der Waals surface area contributed by atoms with Gasteiger partial charge < -0.3 is 15.0 Å². The summed E-state index contributed by atoms with van der Waals surface area (Å²) in [6.45, 7) is 1.67. The first-order valence-electron chi connectivity index (χ1n) is 10.7. The van der Waals surface area contributed by atoms with Gasteiger partial charge in [0, 0.05) is 45.2 Å². The molecule has 0 aliphatic carbocycles. The summed E-state index contributed by atoms with van der Waals surface area (Å²) in [6, 6.07) is 10.4. The highest BCUT2D eigenvalue weighted by Crippen LogP contribution is 2.29. The van der Waals surface area contributed by atoms with Crippen molar-refractivity contribution >= 4 is 23.3 Å². The van der Waals surface area contributed by atoms with Crippen LogP contribution in [-0.2, 0) is 9.59 Å². The molecule has 0 spiro atoms. The number of benzene rings is 1. The van der Waals surface area contributed by atoms with Crippen molar-refractivity contribution in [2.75, 3.05) is 31.1 Å². The smallest absolute Gasteiger partial charge is 0.397 e. The maximum absolute atomic E-state index is 13.0. The van der Waals surface area contributed by atoms with Crippen LogP contribution in [0.1, 0.15) is 19.3 Å². The van der Waals surface area contributed by atoms with E-state index < -0.39 is 18.5 Å². The molecule has 2 fully saturated rings. The number of carbonyl (C=O) groups excluding carboxylic acids is 2. The van der Waals surface area contributed by atoms with Gasteiger partial charge in [0.05, 0.1) is 11.6 Å². The monoisotopic (exact) mass is 463 g/mol. The van der Waals surface area contributed by atoms with Gasteiger partial charge in [-0.15, -0.1) is 5.10 Å². The Balaban J connectivity index is 1.38. The van der Waals surface area contributed by atoms with Crippen LogP contribution in [-0.4, -0.2) is 65.4 Å². The molecule has 4 rings (SSSR count). The Morgan fingerprint density at radius 3 is 2.36 bits per heavy atom. The number of ether oxygens (including phenoxy) is 1. The van der Waals surface area contributed by atoms with Crippen LogP contribution >= 0.6 is 0 Å². The first kappa shape index (κ1) is 23.0. The van der Waals surface area contributed by atoms with E-state index >= 15 is 0 Å². The maximum Gasteiger partial charge on any atom is 0.397 e. The summed E-state index contributed by atoms with van der Waals surface area (Å²) < 4.78 is 43.3. The Hall–Kier alpha value is -3.21. The number of nitrogens with one attached hydrogen (secondary N) is 1. The highest BCUT2D eigenvalue weighted by molar-refractivity contribution is 6.01. The first-order chi connectivity index (χ1) is 15.8. The summed E-state index contributed by atoms with van der Waals surface area (Å²) in [4.78, 5) is 27.5. The van der Waals surface area contributed by atoms with Crippen molar-refractivity contribution in [3.63, 3.8) is 0 Å². The van der Waals surface area contributed by atoms with Crippen molar-refractivity contribution < 1.29 is 27.5 Å². The molecule has 1 aromatic heterocycles. The van der Waals surface area contributed by atoms with Crippen LogP contribution in [0.2, 0.25) is 0 Å². The van der Waals surface area contributed by atoms with E-state index in [1.165, 1.54) is 16.0 Å². The number of hydrogen-bond donors (Lipinski definition) is 1. The van der Waals surface area contributed by atoms with Crippen molar-refractivity contribution in [3.8, 4) is 5.75 Å². The quantitative estimate of drug-likeness (QED) is 0.709. The van der Waals surface area contributed by atoms with Crippen molar-refractivity contribution in [3.05, 3.63) is 42.6 Å². The molecular formula is C22H24F3N5O3. The van der Waals surface area contributed by atoms with Crippen LogP contribution in [0.5, 0.6) is 5.75 Å². The average Bonchev–Trinajstić information content (AvgIpc) is 2.74. The second kappa shape index (κ2) is 9.74. The second-order valence-corrected chi connectivity index (χ2v) is 8.09. The van der Waals surface area contributed by atoms with Crippen LogP contribution in [0, 0.1) is 5.92 Å². The molecule has 1 N–H and O–H groups in total. The van der Waals surface area contributed by atoms with Gasteiger partial charge in [0.2, 0.25) is 11.8 Å². The van der Waals surface area contributed by atoms with Crippen LogP contribution in [0.3, 0.4) is 0 Å². The molecule has 8 nitrogen and oxygen atoms in total. The fraction of sp³-hybridized carbons (Fsp3) is 0.455. The summed E-state index contributed by atoms with van der Waals surface area (Å²) in [5, 5.41) is 11.0. The molecule has 2 aliphatic heterocycles. The molecule has 3 heterocycles. The number of hydrogen-bond acceptors (Lipinski definition) is 6. The Morgan fingerprint density at radius 1 is 1.12 bits per heavy atom. The minimum Gasteiger partial charge on any atom is -0.490 e. The van der Waals surface area contributed by atoms with E-state index in [1.807, 2.05) is 0 Å². The molecule has 0 bridgehead atoms. The molecule has 0 atom stereocenters. The normalized spacial score (nSPS) is 17.4. The van der Waals surface area contributed by atoms with Gasteiger partial charge in [-0.25, -0.2) is 0 Å². The van der Waals surface area contributed by atoms with Crippen LogP contribution in [0.25, 0.3) is 0 Å². The number of nitrogens with zero attached hydrogens (tertiary/aromatic N) is 4. The Labute approximate surface area is 188 Å². The number of aromatic nitrogens is 2. The SMILES string of the molecule is O=C(CC(F)(F)F)N1CCC(Oc2ccc(N(C(=O)C3CNC3)c3cccnn3)cc2)CC1. The van der Waals surface area contributed by atoms with Gasteiger partial charge in [0.1, 0.15) is 18.3 Å². The largest absolute Gasteiger partial charge is 0.490 e. The van der Waals surface area contributed by atoms with E-state index in [0.29, 0.717) is 43.2 Å². The molecule has 2 aliphatic rings. The fourth-order valence-electron chi connectivity index (χ4n) is 3.80. The highest BCUT2D eigenvalue weighted by atomic mass is 19.4. The minimum atomic E-state index is -4.50. The number of likely N-dealkylation sites (tertiary alicyclic amines) is 1. The molecular weight excluding hydrogens is 439 g/mol.